The number of aliphatic hydroxyl groups excluding tert-OH is 1. The highest BCUT2D eigenvalue weighted by molar-refractivity contribution is 7.45. The third kappa shape index (κ3) is 40.2. The minimum Gasteiger partial charge on any atom is -0.756 e. The maximum Gasteiger partial charge on any atom is 0.268 e. The largest absolute Gasteiger partial charge is 0.756 e. The molecule has 0 saturated heterocycles. The van der Waals surface area contributed by atoms with Crippen molar-refractivity contribution in [3.8, 4) is 0 Å². The van der Waals surface area contributed by atoms with E-state index in [1.54, 1.807) is 6.08 Å². The van der Waals surface area contributed by atoms with Crippen LogP contribution in [0.1, 0.15) is 174 Å². The summed E-state index contributed by atoms with van der Waals surface area (Å²) in [6.45, 7) is 4.52. The summed E-state index contributed by atoms with van der Waals surface area (Å²) in [6.07, 6.45) is 48.4. The van der Waals surface area contributed by atoms with E-state index in [-0.39, 0.29) is 12.5 Å². The van der Waals surface area contributed by atoms with Crippen molar-refractivity contribution in [3.63, 3.8) is 0 Å². The predicted molar refractivity (Wildman–Crippen MR) is 233 cm³/mol. The average molecular weight is 793 g/mol. The van der Waals surface area contributed by atoms with Crippen molar-refractivity contribution in [1.29, 1.82) is 0 Å². The lowest BCUT2D eigenvalue weighted by Gasteiger charge is -2.29. The first-order valence-corrected chi connectivity index (χ1v) is 23.6. The van der Waals surface area contributed by atoms with Gasteiger partial charge in [-0.05, 0) is 70.6 Å². The van der Waals surface area contributed by atoms with Crippen LogP contribution in [0.15, 0.2) is 60.8 Å². The second kappa shape index (κ2) is 37.8. The average Bonchev–Trinajstić information content (AvgIpc) is 3.13. The number of nitrogens with one attached hydrogen (secondary N) is 1. The van der Waals surface area contributed by atoms with E-state index in [0.717, 1.165) is 77.0 Å². The van der Waals surface area contributed by atoms with Crippen LogP contribution in [-0.4, -0.2) is 68.5 Å². The summed E-state index contributed by atoms with van der Waals surface area (Å²) in [6, 6.07) is -0.917. The predicted octanol–water partition coefficient (Wildman–Crippen LogP) is 11.6. The van der Waals surface area contributed by atoms with E-state index in [1.165, 1.54) is 77.0 Å². The van der Waals surface area contributed by atoms with Gasteiger partial charge in [-0.2, -0.15) is 0 Å². The highest BCUT2D eigenvalue weighted by atomic mass is 31.2. The Morgan fingerprint density at radius 2 is 1.11 bits per heavy atom. The fourth-order valence-electron chi connectivity index (χ4n) is 5.87. The fourth-order valence-corrected chi connectivity index (χ4v) is 6.59. The van der Waals surface area contributed by atoms with E-state index in [9.17, 15) is 19.4 Å². The molecule has 0 bridgehead atoms. The highest BCUT2D eigenvalue weighted by Crippen LogP contribution is 2.38. The number of hydrogen-bond donors (Lipinski definition) is 2. The molecule has 0 aromatic carbocycles. The number of carbonyl (C=O) groups is 1. The van der Waals surface area contributed by atoms with Gasteiger partial charge >= 0.3 is 0 Å². The van der Waals surface area contributed by atoms with Gasteiger partial charge in [-0.1, -0.05) is 158 Å². The molecule has 0 aromatic heterocycles. The van der Waals surface area contributed by atoms with Crippen LogP contribution in [-0.2, 0) is 18.4 Å². The minimum absolute atomic E-state index is 0.0142. The van der Waals surface area contributed by atoms with Crippen molar-refractivity contribution in [1.82, 2.24) is 5.32 Å². The molecule has 0 aliphatic heterocycles. The Morgan fingerprint density at radius 1 is 0.636 bits per heavy atom. The number of phosphoric acid groups is 1. The summed E-state index contributed by atoms with van der Waals surface area (Å²) in [5.74, 6) is -0.229. The third-order valence-corrected chi connectivity index (χ3v) is 10.4. The molecule has 0 fully saturated rings. The summed E-state index contributed by atoms with van der Waals surface area (Å²) in [4.78, 5) is 25.2. The number of aliphatic hydroxyl groups is 1. The van der Waals surface area contributed by atoms with Crippen molar-refractivity contribution in [2.45, 2.75) is 187 Å². The Labute approximate surface area is 339 Å². The second-order valence-corrected chi connectivity index (χ2v) is 17.4. The Morgan fingerprint density at radius 3 is 1.65 bits per heavy atom. The SMILES string of the molecule is CCC/C=C\C/C=C\CCCCCCCC(=O)NC(COP(=O)([O-])OCC[N+](C)(C)C)C(O)/C=C/CC/C=C/CC/C=C/CCCCCCCCCCCC. The smallest absolute Gasteiger partial charge is 0.268 e. The van der Waals surface area contributed by atoms with Gasteiger partial charge in [0.25, 0.3) is 7.82 Å². The van der Waals surface area contributed by atoms with Gasteiger partial charge in [-0.25, -0.2) is 0 Å². The fraction of sp³-hybridized carbons (Fsp3) is 0.761. The second-order valence-electron chi connectivity index (χ2n) is 16.0. The van der Waals surface area contributed by atoms with Gasteiger partial charge in [-0.15, -0.1) is 0 Å². The molecule has 1 amide bonds. The molecule has 0 saturated carbocycles. The molecule has 8 nitrogen and oxygen atoms in total. The van der Waals surface area contributed by atoms with Crippen molar-refractivity contribution in [2.24, 2.45) is 0 Å². The van der Waals surface area contributed by atoms with Crippen LogP contribution in [0.5, 0.6) is 0 Å². The molecular formula is C46H85N2O6P. The summed E-state index contributed by atoms with van der Waals surface area (Å²) in [5, 5.41) is 13.7. The van der Waals surface area contributed by atoms with Gasteiger partial charge in [0.2, 0.25) is 5.91 Å². The van der Waals surface area contributed by atoms with Crippen LogP contribution in [0.4, 0.5) is 0 Å². The topological polar surface area (TPSA) is 108 Å². The van der Waals surface area contributed by atoms with Crippen molar-refractivity contribution < 1.29 is 32.9 Å². The number of nitrogens with zero attached hydrogens (tertiary/aromatic N) is 1. The molecular weight excluding hydrogens is 707 g/mol. The molecule has 3 atom stereocenters. The first-order valence-electron chi connectivity index (χ1n) is 22.2. The van der Waals surface area contributed by atoms with Gasteiger partial charge in [0.15, 0.2) is 0 Å². The number of amides is 1. The maximum atomic E-state index is 12.8. The van der Waals surface area contributed by atoms with Gasteiger partial charge in [-0.3, -0.25) is 9.36 Å². The Balaban J connectivity index is 4.52. The lowest BCUT2D eigenvalue weighted by Crippen LogP contribution is -2.45. The number of carbonyl (C=O) groups excluding carboxylic acids is 1. The van der Waals surface area contributed by atoms with Crippen LogP contribution in [0.25, 0.3) is 0 Å². The van der Waals surface area contributed by atoms with Gasteiger partial charge in [0.1, 0.15) is 13.2 Å². The van der Waals surface area contributed by atoms with Crippen molar-refractivity contribution >= 4 is 13.7 Å². The van der Waals surface area contributed by atoms with E-state index in [2.05, 4.69) is 67.8 Å². The van der Waals surface area contributed by atoms with Crippen LogP contribution < -0.4 is 10.2 Å². The number of phosphoric ester groups is 1. The Kier molecular flexibility index (Phi) is 36.5. The monoisotopic (exact) mass is 793 g/mol. The summed E-state index contributed by atoms with van der Waals surface area (Å²) in [7, 11) is 1.22. The third-order valence-electron chi connectivity index (χ3n) is 9.41. The molecule has 0 radical (unpaired) electrons. The highest BCUT2D eigenvalue weighted by Gasteiger charge is 2.23. The van der Waals surface area contributed by atoms with Crippen LogP contribution in [0, 0.1) is 0 Å². The van der Waals surface area contributed by atoms with E-state index >= 15 is 0 Å². The molecule has 0 aromatic rings. The normalized spacial score (nSPS) is 15.0. The van der Waals surface area contributed by atoms with Crippen molar-refractivity contribution in [3.05, 3.63) is 60.8 Å². The Hall–Kier alpha value is -1.80. The molecule has 3 unspecified atom stereocenters. The number of allylic oxidation sites excluding steroid dienone is 9. The summed E-state index contributed by atoms with van der Waals surface area (Å²) >= 11 is 0. The minimum atomic E-state index is -4.60. The summed E-state index contributed by atoms with van der Waals surface area (Å²) in [5.41, 5.74) is 0. The van der Waals surface area contributed by atoms with Gasteiger partial charge in [0.05, 0.1) is 39.9 Å². The first-order chi connectivity index (χ1) is 26.5. The molecule has 0 aliphatic rings. The van der Waals surface area contributed by atoms with Gasteiger partial charge < -0.3 is 28.8 Å². The van der Waals surface area contributed by atoms with E-state index in [4.69, 9.17) is 9.05 Å². The van der Waals surface area contributed by atoms with Crippen LogP contribution in [0.2, 0.25) is 0 Å². The van der Waals surface area contributed by atoms with E-state index < -0.39 is 26.6 Å². The first kappa shape index (κ1) is 53.2. The number of hydrogen-bond acceptors (Lipinski definition) is 6. The molecule has 55 heavy (non-hydrogen) atoms. The zero-order chi connectivity index (χ0) is 40.7. The van der Waals surface area contributed by atoms with E-state index in [0.29, 0.717) is 17.4 Å². The maximum absolute atomic E-state index is 12.8. The lowest BCUT2D eigenvalue weighted by molar-refractivity contribution is -0.870. The van der Waals surface area contributed by atoms with Crippen LogP contribution in [0.3, 0.4) is 0 Å². The molecule has 0 aliphatic carbocycles. The molecule has 9 heteroatoms. The number of quaternary nitrogens is 1. The zero-order valence-electron chi connectivity index (χ0n) is 36.1. The lowest BCUT2D eigenvalue weighted by atomic mass is 10.1. The van der Waals surface area contributed by atoms with E-state index in [1.807, 2.05) is 27.2 Å². The van der Waals surface area contributed by atoms with Gasteiger partial charge in [0, 0.05) is 6.42 Å². The van der Waals surface area contributed by atoms with Crippen LogP contribution >= 0.6 is 7.82 Å². The van der Waals surface area contributed by atoms with Crippen molar-refractivity contribution in [2.75, 3.05) is 40.9 Å². The molecule has 320 valence electrons. The quantitative estimate of drug-likeness (QED) is 0.0278. The molecule has 0 heterocycles. The molecule has 2 N–H and O–H groups in total. The zero-order valence-corrected chi connectivity index (χ0v) is 37.0. The Bertz CT molecular complexity index is 1080. The molecule has 0 spiro atoms. The standard InChI is InChI=1S/C46H85N2O6P/c1-6-8-10-12-14-16-18-20-21-22-23-24-25-26-28-29-31-33-35-37-39-45(49)44(43-54-55(51,52)53-42-41-48(3,4)5)47-46(50)40-38-36-34-32-30-27-19-17-15-13-11-9-7-2/h11,13,17,19,24-25,29,31,37,39,44-45,49H,6-10,12,14-16,18,20-23,26-28,30,32-36,38,40-43H2,1-5H3,(H-,47,50,51,52)/b13-11-,19-17-,25-24+,31-29+,39-37+. The number of likely N-dealkylation sites (N-methyl/N-ethyl adjacent to an activating group) is 1. The summed E-state index contributed by atoms with van der Waals surface area (Å²) < 4.78 is 23.1. The number of rotatable bonds is 39. The molecule has 0 rings (SSSR count). The number of unbranched alkanes of at least 4 members (excludes halogenated alkanes) is 18.